The minimum Gasteiger partial charge on any atom is -0.444 e. The quantitative estimate of drug-likeness (QED) is 0.785. The van der Waals surface area contributed by atoms with E-state index in [1.54, 1.807) is 6.20 Å². The molecule has 1 amide bonds. The summed E-state index contributed by atoms with van der Waals surface area (Å²) in [6.45, 7) is 9.88. The Morgan fingerprint density at radius 1 is 1.35 bits per heavy atom. The summed E-state index contributed by atoms with van der Waals surface area (Å²) in [4.78, 5) is 15.5. The Kier molecular flexibility index (Phi) is 6.45. The molecule has 0 atom stereocenters. The number of pyridine rings is 1. The van der Waals surface area contributed by atoms with Gasteiger partial charge in [0.1, 0.15) is 5.60 Å². The molecular formula is C15H25N3O2. The minimum absolute atomic E-state index is 0.359. The van der Waals surface area contributed by atoms with Gasteiger partial charge in [0.05, 0.1) is 0 Å². The molecule has 0 bridgehead atoms. The zero-order valence-corrected chi connectivity index (χ0v) is 12.8. The third-order valence-corrected chi connectivity index (χ3v) is 2.65. The molecule has 0 saturated carbocycles. The van der Waals surface area contributed by atoms with Crippen molar-refractivity contribution in [3.8, 4) is 0 Å². The lowest BCUT2D eigenvalue weighted by Gasteiger charge is -2.19. The van der Waals surface area contributed by atoms with Gasteiger partial charge in [-0.3, -0.25) is 4.98 Å². The first-order chi connectivity index (χ1) is 9.38. The molecule has 0 aliphatic rings. The highest BCUT2D eigenvalue weighted by atomic mass is 16.6. The van der Waals surface area contributed by atoms with Gasteiger partial charge in [-0.05, 0) is 57.9 Å². The van der Waals surface area contributed by atoms with Gasteiger partial charge >= 0.3 is 6.09 Å². The van der Waals surface area contributed by atoms with Crippen LogP contribution in [0.5, 0.6) is 0 Å². The average molecular weight is 279 g/mol. The number of rotatable bonds is 6. The topological polar surface area (TPSA) is 63.2 Å². The molecule has 1 rings (SSSR count). The number of ether oxygens (including phenoxy) is 1. The first-order valence-electron chi connectivity index (χ1n) is 6.95. The number of aryl methyl sites for hydroxylation is 1. The number of nitrogens with zero attached hydrogens (tertiary/aromatic N) is 1. The van der Waals surface area contributed by atoms with Gasteiger partial charge in [-0.15, -0.1) is 0 Å². The molecule has 0 aliphatic carbocycles. The maximum absolute atomic E-state index is 11.4. The van der Waals surface area contributed by atoms with Crippen LogP contribution >= 0.6 is 0 Å². The van der Waals surface area contributed by atoms with Crippen LogP contribution in [-0.4, -0.2) is 29.8 Å². The van der Waals surface area contributed by atoms with Crippen molar-refractivity contribution in [2.45, 2.75) is 46.3 Å². The van der Waals surface area contributed by atoms with Crippen LogP contribution in [0.2, 0.25) is 0 Å². The van der Waals surface area contributed by atoms with Crippen molar-refractivity contribution in [2.24, 2.45) is 0 Å². The monoisotopic (exact) mass is 279 g/mol. The van der Waals surface area contributed by atoms with Gasteiger partial charge in [0.15, 0.2) is 0 Å². The summed E-state index contributed by atoms with van der Waals surface area (Å²) in [5.74, 6) is 0. The van der Waals surface area contributed by atoms with E-state index in [0.717, 1.165) is 19.5 Å². The highest BCUT2D eigenvalue weighted by Crippen LogP contribution is 2.06. The molecule has 2 N–H and O–H groups in total. The molecule has 0 spiro atoms. The van der Waals surface area contributed by atoms with E-state index in [9.17, 15) is 4.79 Å². The van der Waals surface area contributed by atoms with Crippen LogP contribution in [0.15, 0.2) is 18.5 Å². The maximum Gasteiger partial charge on any atom is 0.407 e. The SMILES string of the molecule is Cc1cnccc1CNCCCNC(=O)OC(C)(C)C. The summed E-state index contributed by atoms with van der Waals surface area (Å²) in [6.07, 6.45) is 4.17. The first-order valence-corrected chi connectivity index (χ1v) is 6.95. The molecule has 0 fully saturated rings. The zero-order valence-electron chi connectivity index (χ0n) is 12.8. The van der Waals surface area contributed by atoms with E-state index in [1.165, 1.54) is 11.1 Å². The second kappa shape index (κ2) is 7.85. The van der Waals surface area contributed by atoms with Crippen molar-refractivity contribution in [3.05, 3.63) is 29.6 Å². The lowest BCUT2D eigenvalue weighted by Crippen LogP contribution is -2.33. The Balaban J connectivity index is 2.08. The predicted octanol–water partition coefficient (Wildman–Crippen LogP) is 2.39. The molecule has 1 aromatic heterocycles. The number of aromatic nitrogens is 1. The van der Waals surface area contributed by atoms with Gasteiger partial charge in [-0.2, -0.15) is 0 Å². The standard InChI is InChI=1S/C15H25N3O2/c1-12-10-17-9-6-13(12)11-16-7-5-8-18-14(19)20-15(2,3)4/h6,9-10,16H,5,7-8,11H2,1-4H3,(H,18,19). The Morgan fingerprint density at radius 3 is 2.75 bits per heavy atom. The fraction of sp³-hybridized carbons (Fsp3) is 0.600. The highest BCUT2D eigenvalue weighted by molar-refractivity contribution is 5.67. The molecule has 0 aromatic carbocycles. The number of hydrogen-bond donors (Lipinski definition) is 2. The normalized spacial score (nSPS) is 11.2. The summed E-state index contributed by atoms with van der Waals surface area (Å²) < 4.78 is 5.15. The van der Waals surface area contributed by atoms with Gasteiger partial charge in [0.25, 0.3) is 0 Å². The second-order valence-electron chi connectivity index (χ2n) is 5.76. The van der Waals surface area contributed by atoms with E-state index in [4.69, 9.17) is 4.74 Å². The van der Waals surface area contributed by atoms with Crippen LogP contribution in [0.1, 0.15) is 38.3 Å². The summed E-state index contributed by atoms with van der Waals surface area (Å²) in [5.41, 5.74) is 1.99. The van der Waals surface area contributed by atoms with E-state index in [-0.39, 0.29) is 6.09 Å². The fourth-order valence-corrected chi connectivity index (χ4v) is 1.64. The first kappa shape index (κ1) is 16.4. The van der Waals surface area contributed by atoms with Gasteiger partial charge in [0, 0.05) is 25.5 Å². The lowest BCUT2D eigenvalue weighted by atomic mass is 10.1. The van der Waals surface area contributed by atoms with E-state index < -0.39 is 5.60 Å². The van der Waals surface area contributed by atoms with E-state index in [0.29, 0.717) is 6.54 Å². The van der Waals surface area contributed by atoms with Crippen molar-refractivity contribution in [2.75, 3.05) is 13.1 Å². The van der Waals surface area contributed by atoms with Crippen molar-refractivity contribution in [1.29, 1.82) is 0 Å². The highest BCUT2D eigenvalue weighted by Gasteiger charge is 2.15. The van der Waals surface area contributed by atoms with Crippen LogP contribution in [0.4, 0.5) is 4.79 Å². The molecule has 20 heavy (non-hydrogen) atoms. The summed E-state index contributed by atoms with van der Waals surface area (Å²) in [6, 6.07) is 2.02. The van der Waals surface area contributed by atoms with E-state index >= 15 is 0 Å². The molecule has 5 heteroatoms. The third-order valence-electron chi connectivity index (χ3n) is 2.65. The minimum atomic E-state index is -0.443. The molecule has 1 aromatic rings. The number of amides is 1. The molecule has 1 heterocycles. The smallest absolute Gasteiger partial charge is 0.407 e. The predicted molar refractivity (Wildman–Crippen MR) is 79.5 cm³/mol. The van der Waals surface area contributed by atoms with Gasteiger partial charge < -0.3 is 15.4 Å². The van der Waals surface area contributed by atoms with E-state index in [1.807, 2.05) is 40.0 Å². The van der Waals surface area contributed by atoms with Gasteiger partial charge in [0.2, 0.25) is 0 Å². The van der Waals surface area contributed by atoms with Crippen molar-refractivity contribution in [1.82, 2.24) is 15.6 Å². The van der Waals surface area contributed by atoms with Crippen LogP contribution in [0.3, 0.4) is 0 Å². The molecule has 0 radical (unpaired) electrons. The van der Waals surface area contributed by atoms with Crippen LogP contribution < -0.4 is 10.6 Å². The largest absolute Gasteiger partial charge is 0.444 e. The average Bonchev–Trinajstić information content (AvgIpc) is 2.33. The lowest BCUT2D eigenvalue weighted by molar-refractivity contribution is 0.0527. The van der Waals surface area contributed by atoms with E-state index in [2.05, 4.69) is 15.6 Å². The summed E-state index contributed by atoms with van der Waals surface area (Å²) >= 11 is 0. The number of carbonyl (C=O) groups is 1. The summed E-state index contributed by atoms with van der Waals surface area (Å²) in [5, 5.41) is 6.08. The zero-order chi connectivity index (χ0) is 15.0. The van der Waals surface area contributed by atoms with Gasteiger partial charge in [-0.25, -0.2) is 4.79 Å². The Bertz CT molecular complexity index is 427. The number of nitrogens with one attached hydrogen (secondary N) is 2. The van der Waals surface area contributed by atoms with Crippen LogP contribution in [-0.2, 0) is 11.3 Å². The molecule has 5 nitrogen and oxygen atoms in total. The maximum atomic E-state index is 11.4. The third kappa shape index (κ3) is 7.09. The van der Waals surface area contributed by atoms with Crippen LogP contribution in [0.25, 0.3) is 0 Å². The molecule has 112 valence electrons. The number of alkyl carbamates (subject to hydrolysis) is 1. The van der Waals surface area contributed by atoms with Crippen LogP contribution in [0, 0.1) is 6.92 Å². The molecule has 0 aliphatic heterocycles. The Labute approximate surface area is 121 Å². The fourth-order valence-electron chi connectivity index (χ4n) is 1.64. The van der Waals surface area contributed by atoms with Gasteiger partial charge in [-0.1, -0.05) is 0 Å². The molecular weight excluding hydrogens is 254 g/mol. The van der Waals surface area contributed by atoms with Crippen molar-refractivity contribution < 1.29 is 9.53 Å². The summed E-state index contributed by atoms with van der Waals surface area (Å²) in [7, 11) is 0. The van der Waals surface area contributed by atoms with Crippen molar-refractivity contribution in [3.63, 3.8) is 0 Å². The Hall–Kier alpha value is -1.62. The van der Waals surface area contributed by atoms with Crippen molar-refractivity contribution >= 4 is 6.09 Å². The molecule has 0 saturated heterocycles. The Morgan fingerprint density at radius 2 is 2.10 bits per heavy atom. The number of hydrogen-bond acceptors (Lipinski definition) is 4. The second-order valence-corrected chi connectivity index (χ2v) is 5.76. The number of carbonyl (C=O) groups excluding carboxylic acids is 1. The molecule has 0 unspecified atom stereocenters.